The molecule has 0 amide bonds. The number of benzene rings is 2. The third-order valence-electron chi connectivity index (χ3n) is 3.40. The number of rotatable bonds is 4. The van der Waals surface area contributed by atoms with Gasteiger partial charge in [0.25, 0.3) is 0 Å². The summed E-state index contributed by atoms with van der Waals surface area (Å²) in [5.41, 5.74) is 3.79. The third kappa shape index (κ3) is 2.92. The van der Waals surface area contributed by atoms with E-state index in [1.54, 1.807) is 6.07 Å². The lowest BCUT2D eigenvalue weighted by atomic mass is 10.1. The highest BCUT2D eigenvalue weighted by Gasteiger charge is 2.08. The van der Waals surface area contributed by atoms with Gasteiger partial charge in [-0.3, -0.25) is 0 Å². The second kappa shape index (κ2) is 6.01. The fourth-order valence-corrected chi connectivity index (χ4v) is 2.65. The van der Waals surface area contributed by atoms with E-state index in [1.807, 2.05) is 42.5 Å². The van der Waals surface area contributed by atoms with E-state index < -0.39 is 0 Å². The summed E-state index contributed by atoms with van der Waals surface area (Å²) in [7, 11) is 0. The summed E-state index contributed by atoms with van der Waals surface area (Å²) in [5.74, 6) is 0. The number of para-hydroxylation sites is 1. The molecule has 3 nitrogen and oxygen atoms in total. The van der Waals surface area contributed by atoms with Crippen molar-refractivity contribution in [2.45, 2.75) is 13.1 Å². The molecule has 0 atom stereocenters. The van der Waals surface area contributed by atoms with Crippen LogP contribution in [0.15, 0.2) is 48.5 Å². The lowest BCUT2D eigenvalue weighted by Crippen LogP contribution is -2.13. The Bertz CT molecular complexity index is 814. The van der Waals surface area contributed by atoms with Crippen LogP contribution in [0.2, 0.25) is 5.02 Å². The van der Waals surface area contributed by atoms with Crippen molar-refractivity contribution in [2.75, 3.05) is 0 Å². The number of aromatic amines is 1. The monoisotopic (exact) mass is 295 g/mol. The van der Waals surface area contributed by atoms with Gasteiger partial charge in [-0.25, -0.2) is 0 Å². The van der Waals surface area contributed by atoms with Crippen LogP contribution in [-0.2, 0) is 13.1 Å². The number of hydrogen-bond donors (Lipinski definition) is 2. The second-order valence-electron chi connectivity index (χ2n) is 4.88. The summed E-state index contributed by atoms with van der Waals surface area (Å²) < 4.78 is 0. The molecular weight excluding hydrogens is 282 g/mol. The molecule has 1 heterocycles. The number of fused-ring (bicyclic) bond motifs is 1. The van der Waals surface area contributed by atoms with Gasteiger partial charge in [-0.1, -0.05) is 41.9 Å². The van der Waals surface area contributed by atoms with Crippen LogP contribution in [-0.4, -0.2) is 4.98 Å². The molecule has 0 saturated heterocycles. The van der Waals surface area contributed by atoms with Gasteiger partial charge in [0, 0.05) is 29.7 Å². The Morgan fingerprint density at radius 2 is 1.95 bits per heavy atom. The van der Waals surface area contributed by atoms with Crippen molar-refractivity contribution in [3.05, 3.63) is 70.4 Å². The predicted octanol–water partition coefficient (Wildman–Crippen LogP) is 3.98. The molecular formula is C17H14ClN3. The first-order valence-corrected chi connectivity index (χ1v) is 7.10. The van der Waals surface area contributed by atoms with Gasteiger partial charge in [0.1, 0.15) is 0 Å². The van der Waals surface area contributed by atoms with Crippen molar-refractivity contribution in [1.29, 1.82) is 5.26 Å². The Labute approximate surface area is 128 Å². The standard InChI is InChI=1S/C17H14ClN3/c18-17-14-6-1-2-7-15(14)21-16(17)11-20-10-13-5-3-4-12(8-13)9-19/h1-8,20-21H,10-11H2. The summed E-state index contributed by atoms with van der Waals surface area (Å²) in [6.45, 7) is 1.35. The highest BCUT2D eigenvalue weighted by atomic mass is 35.5. The third-order valence-corrected chi connectivity index (χ3v) is 3.83. The summed E-state index contributed by atoms with van der Waals surface area (Å²) >= 11 is 6.37. The number of hydrogen-bond acceptors (Lipinski definition) is 2. The van der Waals surface area contributed by atoms with Crippen molar-refractivity contribution in [3.63, 3.8) is 0 Å². The van der Waals surface area contributed by atoms with E-state index in [2.05, 4.69) is 16.4 Å². The maximum Gasteiger partial charge on any atom is 0.0991 e. The summed E-state index contributed by atoms with van der Waals surface area (Å²) in [4.78, 5) is 3.33. The zero-order valence-electron chi connectivity index (χ0n) is 11.4. The number of aromatic nitrogens is 1. The van der Waals surface area contributed by atoms with Crippen LogP contribution in [0.25, 0.3) is 10.9 Å². The lowest BCUT2D eigenvalue weighted by Gasteiger charge is -2.04. The molecule has 0 aliphatic carbocycles. The summed E-state index contributed by atoms with van der Waals surface area (Å²) in [6, 6.07) is 17.7. The number of H-pyrrole nitrogens is 1. The van der Waals surface area contributed by atoms with E-state index in [9.17, 15) is 0 Å². The van der Waals surface area contributed by atoms with Crippen LogP contribution in [0.1, 0.15) is 16.8 Å². The predicted molar refractivity (Wildman–Crippen MR) is 85.0 cm³/mol. The van der Waals surface area contributed by atoms with Gasteiger partial charge in [-0.15, -0.1) is 0 Å². The molecule has 0 fully saturated rings. The van der Waals surface area contributed by atoms with Crippen LogP contribution >= 0.6 is 11.6 Å². The molecule has 0 aliphatic heterocycles. The van der Waals surface area contributed by atoms with Crippen LogP contribution in [0.5, 0.6) is 0 Å². The average Bonchev–Trinajstić information content (AvgIpc) is 2.84. The first kappa shape index (κ1) is 13.7. The molecule has 2 N–H and O–H groups in total. The summed E-state index contributed by atoms with van der Waals surface area (Å²) in [6.07, 6.45) is 0. The molecule has 0 spiro atoms. The van der Waals surface area contributed by atoms with Gasteiger partial charge in [0.2, 0.25) is 0 Å². The first-order valence-electron chi connectivity index (χ1n) is 6.73. The average molecular weight is 296 g/mol. The van der Waals surface area contributed by atoms with Gasteiger partial charge in [-0.05, 0) is 23.8 Å². The highest BCUT2D eigenvalue weighted by molar-refractivity contribution is 6.36. The number of nitrogens with one attached hydrogen (secondary N) is 2. The van der Waals surface area contributed by atoms with E-state index in [4.69, 9.17) is 16.9 Å². The molecule has 3 aromatic rings. The van der Waals surface area contributed by atoms with Gasteiger partial charge in [0.05, 0.1) is 16.7 Å². The van der Waals surface area contributed by atoms with Crippen molar-refractivity contribution in [2.24, 2.45) is 0 Å². The van der Waals surface area contributed by atoms with Crippen molar-refractivity contribution < 1.29 is 0 Å². The van der Waals surface area contributed by atoms with Crippen molar-refractivity contribution in [3.8, 4) is 6.07 Å². The maximum absolute atomic E-state index is 8.89. The van der Waals surface area contributed by atoms with Crippen LogP contribution in [0.4, 0.5) is 0 Å². The number of halogens is 1. The van der Waals surface area contributed by atoms with Crippen LogP contribution in [0, 0.1) is 11.3 Å². The highest BCUT2D eigenvalue weighted by Crippen LogP contribution is 2.26. The Balaban J connectivity index is 1.69. The number of nitriles is 1. The molecule has 3 rings (SSSR count). The van der Waals surface area contributed by atoms with Gasteiger partial charge in [-0.2, -0.15) is 5.26 Å². The normalized spacial score (nSPS) is 10.7. The zero-order valence-corrected chi connectivity index (χ0v) is 12.1. The molecule has 0 saturated carbocycles. The minimum absolute atomic E-state index is 0.657. The van der Waals surface area contributed by atoms with Gasteiger partial charge < -0.3 is 10.3 Å². The Hall–Kier alpha value is -2.28. The molecule has 104 valence electrons. The molecule has 2 aromatic carbocycles. The maximum atomic E-state index is 8.89. The molecule has 0 bridgehead atoms. The SMILES string of the molecule is N#Cc1cccc(CNCc2[nH]c3ccccc3c2Cl)c1. The second-order valence-corrected chi connectivity index (χ2v) is 5.26. The molecule has 4 heteroatoms. The molecule has 21 heavy (non-hydrogen) atoms. The smallest absolute Gasteiger partial charge is 0.0991 e. The van der Waals surface area contributed by atoms with Crippen molar-refractivity contribution >= 4 is 22.5 Å². The number of nitrogens with zero attached hydrogens (tertiary/aromatic N) is 1. The molecule has 0 aliphatic rings. The lowest BCUT2D eigenvalue weighted by molar-refractivity contribution is 0.683. The molecule has 0 radical (unpaired) electrons. The molecule has 0 unspecified atom stereocenters. The summed E-state index contributed by atoms with van der Waals surface area (Å²) in [5, 5.41) is 14.0. The fourth-order valence-electron chi connectivity index (χ4n) is 2.37. The Kier molecular flexibility index (Phi) is 3.92. The first-order chi connectivity index (χ1) is 10.3. The topological polar surface area (TPSA) is 51.6 Å². The van der Waals surface area contributed by atoms with E-state index in [0.717, 1.165) is 27.2 Å². The largest absolute Gasteiger partial charge is 0.356 e. The van der Waals surface area contributed by atoms with Crippen LogP contribution < -0.4 is 5.32 Å². The zero-order chi connectivity index (χ0) is 14.7. The van der Waals surface area contributed by atoms with E-state index >= 15 is 0 Å². The van der Waals surface area contributed by atoms with E-state index in [0.29, 0.717) is 18.7 Å². The minimum atomic E-state index is 0.657. The minimum Gasteiger partial charge on any atom is -0.356 e. The Morgan fingerprint density at radius 1 is 1.10 bits per heavy atom. The van der Waals surface area contributed by atoms with Gasteiger partial charge >= 0.3 is 0 Å². The van der Waals surface area contributed by atoms with E-state index in [1.165, 1.54) is 0 Å². The van der Waals surface area contributed by atoms with Crippen molar-refractivity contribution in [1.82, 2.24) is 10.3 Å². The van der Waals surface area contributed by atoms with Gasteiger partial charge in [0.15, 0.2) is 0 Å². The fraction of sp³-hybridized carbons (Fsp3) is 0.118. The molecule has 1 aromatic heterocycles. The quantitative estimate of drug-likeness (QED) is 0.765. The Morgan fingerprint density at radius 3 is 2.76 bits per heavy atom. The van der Waals surface area contributed by atoms with E-state index in [-0.39, 0.29) is 0 Å². The van der Waals surface area contributed by atoms with Crippen LogP contribution in [0.3, 0.4) is 0 Å².